The van der Waals surface area contributed by atoms with Gasteiger partial charge in [-0.2, -0.15) is 0 Å². The molecule has 0 aliphatic rings. The quantitative estimate of drug-likeness (QED) is 0.794. The zero-order valence-corrected chi connectivity index (χ0v) is 10.6. The van der Waals surface area contributed by atoms with E-state index in [2.05, 4.69) is 5.32 Å². The van der Waals surface area contributed by atoms with E-state index in [0.29, 0.717) is 0 Å². The van der Waals surface area contributed by atoms with E-state index in [0.717, 1.165) is 17.7 Å². The van der Waals surface area contributed by atoms with Gasteiger partial charge in [-0.15, -0.1) is 0 Å². The molecule has 0 aromatic heterocycles. The molecule has 0 aliphatic heterocycles. The summed E-state index contributed by atoms with van der Waals surface area (Å²) < 4.78 is 5.06. The van der Waals surface area contributed by atoms with Crippen LogP contribution in [0.5, 0.6) is 5.75 Å². The Morgan fingerprint density at radius 1 is 1.41 bits per heavy atom. The van der Waals surface area contributed by atoms with Crippen molar-refractivity contribution in [3.8, 4) is 5.75 Å². The molecule has 17 heavy (non-hydrogen) atoms. The molecule has 0 heterocycles. The molecule has 3 nitrogen and oxygen atoms in total. The summed E-state index contributed by atoms with van der Waals surface area (Å²) in [5.41, 5.74) is 0.977. The van der Waals surface area contributed by atoms with Crippen LogP contribution in [0, 0.1) is 0 Å². The molecule has 1 aromatic rings. The van der Waals surface area contributed by atoms with Crippen LogP contribution < -0.4 is 10.1 Å². The molecule has 0 radical (unpaired) electrons. The van der Waals surface area contributed by atoms with E-state index in [4.69, 9.17) is 4.74 Å². The molecule has 1 amide bonds. The molecule has 0 unspecified atom stereocenters. The van der Waals surface area contributed by atoms with Crippen LogP contribution in [-0.4, -0.2) is 19.1 Å². The van der Waals surface area contributed by atoms with Gasteiger partial charge in [0.15, 0.2) is 0 Å². The SMILES string of the molecule is CC[C@@H](C)NC(=O)/C=C/c1ccc(OC)cc1. The van der Waals surface area contributed by atoms with Gasteiger partial charge < -0.3 is 10.1 Å². The number of hydrogen-bond acceptors (Lipinski definition) is 2. The number of rotatable bonds is 5. The topological polar surface area (TPSA) is 38.3 Å². The fourth-order valence-corrected chi connectivity index (χ4v) is 1.28. The second-order valence-corrected chi connectivity index (χ2v) is 3.92. The first-order valence-corrected chi connectivity index (χ1v) is 5.78. The Balaban J connectivity index is 2.54. The Labute approximate surface area is 102 Å². The van der Waals surface area contributed by atoms with Crippen molar-refractivity contribution in [1.29, 1.82) is 0 Å². The number of ether oxygens (including phenoxy) is 1. The van der Waals surface area contributed by atoms with Crippen molar-refractivity contribution in [2.24, 2.45) is 0 Å². The van der Waals surface area contributed by atoms with E-state index < -0.39 is 0 Å². The molecule has 0 fully saturated rings. The van der Waals surface area contributed by atoms with E-state index in [9.17, 15) is 4.79 Å². The molecule has 3 heteroatoms. The summed E-state index contributed by atoms with van der Waals surface area (Å²) in [4.78, 5) is 11.5. The van der Waals surface area contributed by atoms with Crippen LogP contribution in [0.1, 0.15) is 25.8 Å². The highest BCUT2D eigenvalue weighted by molar-refractivity contribution is 5.91. The van der Waals surface area contributed by atoms with Crippen LogP contribution in [0.4, 0.5) is 0 Å². The number of benzene rings is 1. The Morgan fingerprint density at radius 2 is 2.06 bits per heavy atom. The third-order valence-electron chi connectivity index (χ3n) is 2.54. The maximum atomic E-state index is 11.5. The summed E-state index contributed by atoms with van der Waals surface area (Å²) in [6.45, 7) is 4.03. The lowest BCUT2D eigenvalue weighted by atomic mass is 10.2. The summed E-state index contributed by atoms with van der Waals surface area (Å²) in [6.07, 6.45) is 4.27. The molecule has 0 saturated carbocycles. The highest BCUT2D eigenvalue weighted by Crippen LogP contribution is 2.12. The number of methoxy groups -OCH3 is 1. The number of carbonyl (C=O) groups excluding carboxylic acids is 1. The molecule has 0 aliphatic carbocycles. The third-order valence-corrected chi connectivity index (χ3v) is 2.54. The Hall–Kier alpha value is -1.77. The lowest BCUT2D eigenvalue weighted by Gasteiger charge is -2.08. The van der Waals surface area contributed by atoms with Crippen LogP contribution in [0.2, 0.25) is 0 Å². The van der Waals surface area contributed by atoms with Crippen LogP contribution in [0.3, 0.4) is 0 Å². The second-order valence-electron chi connectivity index (χ2n) is 3.92. The van der Waals surface area contributed by atoms with Crippen LogP contribution in [0.25, 0.3) is 6.08 Å². The van der Waals surface area contributed by atoms with Crippen LogP contribution in [0.15, 0.2) is 30.3 Å². The highest BCUT2D eigenvalue weighted by Gasteiger charge is 2.00. The van der Waals surface area contributed by atoms with Gasteiger partial charge in [0.25, 0.3) is 0 Å². The Kier molecular flexibility index (Phi) is 5.27. The molecule has 0 spiro atoms. The number of carbonyl (C=O) groups is 1. The second kappa shape index (κ2) is 6.74. The first kappa shape index (κ1) is 13.3. The number of amides is 1. The predicted octanol–water partition coefficient (Wildman–Crippen LogP) is 2.62. The lowest BCUT2D eigenvalue weighted by molar-refractivity contribution is -0.117. The minimum atomic E-state index is -0.0600. The van der Waals surface area contributed by atoms with Crippen molar-refractivity contribution in [2.45, 2.75) is 26.3 Å². The number of hydrogen-bond donors (Lipinski definition) is 1. The molecule has 0 bridgehead atoms. The number of nitrogens with one attached hydrogen (secondary N) is 1. The van der Waals surface area contributed by atoms with Crippen molar-refractivity contribution in [2.75, 3.05) is 7.11 Å². The van der Waals surface area contributed by atoms with Gasteiger partial charge in [-0.25, -0.2) is 0 Å². The van der Waals surface area contributed by atoms with Gasteiger partial charge in [-0.05, 0) is 37.1 Å². The maximum absolute atomic E-state index is 11.5. The van der Waals surface area contributed by atoms with E-state index in [1.54, 1.807) is 19.3 Å². The first-order chi connectivity index (χ1) is 8.15. The van der Waals surface area contributed by atoms with Crippen molar-refractivity contribution in [1.82, 2.24) is 5.32 Å². The Bertz CT molecular complexity index is 382. The largest absolute Gasteiger partial charge is 0.497 e. The van der Waals surface area contributed by atoms with Gasteiger partial charge in [0, 0.05) is 12.1 Å². The minimum Gasteiger partial charge on any atom is -0.497 e. The molecular formula is C14H19NO2. The fourth-order valence-electron chi connectivity index (χ4n) is 1.28. The molecule has 1 N–H and O–H groups in total. The van der Waals surface area contributed by atoms with E-state index in [1.165, 1.54) is 0 Å². The first-order valence-electron chi connectivity index (χ1n) is 5.78. The van der Waals surface area contributed by atoms with E-state index in [-0.39, 0.29) is 11.9 Å². The van der Waals surface area contributed by atoms with E-state index in [1.807, 2.05) is 38.1 Å². The molecule has 92 valence electrons. The summed E-state index contributed by atoms with van der Waals surface area (Å²) in [7, 11) is 1.63. The molecular weight excluding hydrogens is 214 g/mol. The van der Waals surface area contributed by atoms with Gasteiger partial charge in [0.1, 0.15) is 5.75 Å². The molecule has 0 saturated heterocycles. The van der Waals surface area contributed by atoms with Crippen LogP contribution in [-0.2, 0) is 4.79 Å². The summed E-state index contributed by atoms with van der Waals surface area (Å²) in [5.74, 6) is 0.751. The monoisotopic (exact) mass is 233 g/mol. The summed E-state index contributed by atoms with van der Waals surface area (Å²) in [5, 5.41) is 2.87. The normalized spacial score (nSPS) is 12.4. The fraction of sp³-hybridized carbons (Fsp3) is 0.357. The van der Waals surface area contributed by atoms with Crippen molar-refractivity contribution < 1.29 is 9.53 Å². The van der Waals surface area contributed by atoms with E-state index >= 15 is 0 Å². The van der Waals surface area contributed by atoms with Crippen LogP contribution >= 0.6 is 0 Å². The molecule has 1 aromatic carbocycles. The lowest BCUT2D eigenvalue weighted by Crippen LogP contribution is -2.30. The molecule has 1 rings (SSSR count). The zero-order chi connectivity index (χ0) is 12.7. The van der Waals surface area contributed by atoms with Crippen molar-refractivity contribution in [3.63, 3.8) is 0 Å². The summed E-state index contributed by atoms with van der Waals surface area (Å²) in [6, 6.07) is 7.76. The smallest absolute Gasteiger partial charge is 0.244 e. The van der Waals surface area contributed by atoms with Gasteiger partial charge >= 0.3 is 0 Å². The van der Waals surface area contributed by atoms with Gasteiger partial charge in [0.05, 0.1) is 7.11 Å². The average molecular weight is 233 g/mol. The van der Waals surface area contributed by atoms with Crippen molar-refractivity contribution >= 4 is 12.0 Å². The van der Waals surface area contributed by atoms with Gasteiger partial charge in [0.2, 0.25) is 5.91 Å². The highest BCUT2D eigenvalue weighted by atomic mass is 16.5. The minimum absolute atomic E-state index is 0.0600. The van der Waals surface area contributed by atoms with Gasteiger partial charge in [-0.3, -0.25) is 4.79 Å². The molecule has 1 atom stereocenters. The standard InChI is InChI=1S/C14H19NO2/c1-4-11(2)15-14(16)10-7-12-5-8-13(17-3)9-6-12/h5-11H,4H2,1-3H3,(H,15,16)/b10-7+/t11-/m1/s1. The summed E-state index contributed by atoms with van der Waals surface area (Å²) >= 11 is 0. The third kappa shape index (κ3) is 4.72. The maximum Gasteiger partial charge on any atom is 0.244 e. The van der Waals surface area contributed by atoms with Gasteiger partial charge in [-0.1, -0.05) is 19.1 Å². The average Bonchev–Trinajstić information content (AvgIpc) is 2.36. The predicted molar refractivity (Wildman–Crippen MR) is 69.9 cm³/mol. The van der Waals surface area contributed by atoms with Crippen molar-refractivity contribution in [3.05, 3.63) is 35.9 Å². The zero-order valence-electron chi connectivity index (χ0n) is 10.6. The Morgan fingerprint density at radius 3 is 2.59 bits per heavy atom.